The standard InChI is InChI=1S/C15H33N3O2/c1-5-13(14(19)20-15(2,3)4)11-9-7-6-8-10-12-17-18-16/h13,17-18H,5-12,16H2,1-4H3. The monoisotopic (exact) mass is 287 g/mol. The Labute approximate surface area is 124 Å². The Hall–Kier alpha value is -0.650. The number of ether oxygens (including phenoxy) is 1. The summed E-state index contributed by atoms with van der Waals surface area (Å²) < 4.78 is 5.45. The first kappa shape index (κ1) is 19.4. The summed E-state index contributed by atoms with van der Waals surface area (Å²) in [5, 5.41) is 0. The minimum Gasteiger partial charge on any atom is -0.460 e. The van der Waals surface area contributed by atoms with Gasteiger partial charge in [0, 0.05) is 6.54 Å². The number of esters is 1. The van der Waals surface area contributed by atoms with Crippen LogP contribution in [0.25, 0.3) is 0 Å². The molecule has 0 aromatic carbocycles. The Bertz CT molecular complexity index is 252. The summed E-state index contributed by atoms with van der Waals surface area (Å²) >= 11 is 0. The molecular weight excluding hydrogens is 254 g/mol. The lowest BCUT2D eigenvalue weighted by Crippen LogP contribution is -2.38. The third-order valence-electron chi connectivity index (χ3n) is 3.19. The largest absolute Gasteiger partial charge is 0.460 e. The molecule has 0 aliphatic rings. The summed E-state index contributed by atoms with van der Waals surface area (Å²) in [7, 11) is 0. The van der Waals surface area contributed by atoms with Crippen LogP contribution in [-0.4, -0.2) is 18.1 Å². The van der Waals surface area contributed by atoms with Gasteiger partial charge in [-0.3, -0.25) is 10.6 Å². The molecular formula is C15H33N3O2. The van der Waals surface area contributed by atoms with Gasteiger partial charge in [-0.2, -0.15) is 5.53 Å². The summed E-state index contributed by atoms with van der Waals surface area (Å²) in [4.78, 5) is 12.0. The quantitative estimate of drug-likeness (QED) is 0.236. The van der Waals surface area contributed by atoms with E-state index in [0.717, 1.165) is 32.2 Å². The second-order valence-corrected chi connectivity index (χ2v) is 6.27. The second-order valence-electron chi connectivity index (χ2n) is 6.27. The van der Waals surface area contributed by atoms with Crippen LogP contribution < -0.4 is 16.8 Å². The minimum atomic E-state index is -0.380. The molecule has 0 radical (unpaired) electrons. The maximum Gasteiger partial charge on any atom is 0.309 e. The molecule has 1 unspecified atom stereocenters. The highest BCUT2D eigenvalue weighted by Gasteiger charge is 2.23. The lowest BCUT2D eigenvalue weighted by Gasteiger charge is -2.23. The highest BCUT2D eigenvalue weighted by atomic mass is 16.6. The van der Waals surface area contributed by atoms with Crippen molar-refractivity contribution >= 4 is 5.97 Å². The molecule has 0 amide bonds. The van der Waals surface area contributed by atoms with Crippen LogP contribution in [0.4, 0.5) is 0 Å². The van der Waals surface area contributed by atoms with Gasteiger partial charge in [0.05, 0.1) is 5.92 Å². The van der Waals surface area contributed by atoms with Crippen molar-refractivity contribution in [1.82, 2.24) is 11.0 Å². The molecule has 0 saturated heterocycles. The van der Waals surface area contributed by atoms with Crippen LogP contribution in [0.3, 0.4) is 0 Å². The molecule has 0 rings (SSSR count). The van der Waals surface area contributed by atoms with Crippen molar-refractivity contribution in [3.63, 3.8) is 0 Å². The molecule has 5 nitrogen and oxygen atoms in total. The maximum absolute atomic E-state index is 12.0. The van der Waals surface area contributed by atoms with Crippen molar-refractivity contribution in [2.75, 3.05) is 6.54 Å². The van der Waals surface area contributed by atoms with Gasteiger partial charge in [-0.25, -0.2) is 5.43 Å². The number of hydrogen-bond donors (Lipinski definition) is 3. The Morgan fingerprint density at radius 3 is 2.30 bits per heavy atom. The Kier molecular flexibility index (Phi) is 10.7. The Morgan fingerprint density at radius 1 is 1.15 bits per heavy atom. The van der Waals surface area contributed by atoms with E-state index in [4.69, 9.17) is 10.6 Å². The maximum atomic E-state index is 12.0. The molecule has 5 heteroatoms. The molecule has 0 bridgehead atoms. The van der Waals surface area contributed by atoms with Crippen LogP contribution in [0.15, 0.2) is 0 Å². The van der Waals surface area contributed by atoms with Gasteiger partial charge >= 0.3 is 5.97 Å². The predicted molar refractivity (Wildman–Crippen MR) is 82.7 cm³/mol. The topological polar surface area (TPSA) is 76.4 Å². The second kappa shape index (κ2) is 11.1. The van der Waals surface area contributed by atoms with Gasteiger partial charge in [-0.05, 0) is 40.0 Å². The van der Waals surface area contributed by atoms with Gasteiger partial charge < -0.3 is 4.74 Å². The zero-order valence-corrected chi connectivity index (χ0v) is 13.6. The van der Waals surface area contributed by atoms with E-state index in [2.05, 4.69) is 17.9 Å². The molecule has 0 spiro atoms. The molecule has 0 fully saturated rings. The number of unbranched alkanes of at least 4 members (excludes halogenated alkanes) is 4. The summed E-state index contributed by atoms with van der Waals surface area (Å²) in [6.45, 7) is 8.71. The molecule has 0 aliphatic heterocycles. The van der Waals surface area contributed by atoms with E-state index in [0.29, 0.717) is 0 Å². The highest BCUT2D eigenvalue weighted by molar-refractivity contribution is 5.72. The average molecular weight is 287 g/mol. The average Bonchev–Trinajstić information content (AvgIpc) is 2.35. The number of carbonyl (C=O) groups is 1. The first-order chi connectivity index (χ1) is 9.40. The molecule has 20 heavy (non-hydrogen) atoms. The van der Waals surface area contributed by atoms with E-state index < -0.39 is 0 Å². The third-order valence-corrected chi connectivity index (χ3v) is 3.19. The van der Waals surface area contributed by atoms with Crippen molar-refractivity contribution in [1.29, 1.82) is 0 Å². The summed E-state index contributed by atoms with van der Waals surface area (Å²) in [5.41, 5.74) is 4.91. The van der Waals surface area contributed by atoms with E-state index in [1.165, 1.54) is 19.3 Å². The first-order valence-electron chi connectivity index (χ1n) is 7.82. The molecule has 0 heterocycles. The molecule has 1 atom stereocenters. The minimum absolute atomic E-state index is 0.0433. The number of rotatable bonds is 11. The number of nitrogens with two attached hydrogens (primary N) is 1. The van der Waals surface area contributed by atoms with Gasteiger partial charge in [0.1, 0.15) is 5.60 Å². The summed E-state index contributed by atoms with van der Waals surface area (Å²) in [6, 6.07) is 0. The Balaban J connectivity index is 3.67. The van der Waals surface area contributed by atoms with E-state index >= 15 is 0 Å². The zero-order chi connectivity index (χ0) is 15.4. The van der Waals surface area contributed by atoms with Crippen molar-refractivity contribution in [2.24, 2.45) is 11.8 Å². The third kappa shape index (κ3) is 11.2. The lowest BCUT2D eigenvalue weighted by molar-refractivity contribution is -0.160. The van der Waals surface area contributed by atoms with E-state index in [9.17, 15) is 4.79 Å². The fraction of sp³-hybridized carbons (Fsp3) is 0.933. The normalized spacial score (nSPS) is 13.2. The predicted octanol–water partition coefficient (Wildman–Crippen LogP) is 2.66. The van der Waals surface area contributed by atoms with Crippen LogP contribution in [0, 0.1) is 5.92 Å². The van der Waals surface area contributed by atoms with Gasteiger partial charge in [-0.15, -0.1) is 0 Å². The van der Waals surface area contributed by atoms with Crippen LogP contribution in [0.2, 0.25) is 0 Å². The molecule has 0 saturated carbocycles. The molecule has 120 valence electrons. The van der Waals surface area contributed by atoms with Crippen LogP contribution in [-0.2, 0) is 9.53 Å². The van der Waals surface area contributed by atoms with Crippen LogP contribution in [0.5, 0.6) is 0 Å². The fourth-order valence-corrected chi connectivity index (χ4v) is 2.08. The molecule has 4 N–H and O–H groups in total. The fourth-order valence-electron chi connectivity index (χ4n) is 2.08. The summed E-state index contributed by atoms with van der Waals surface area (Å²) in [5.74, 6) is 5.12. The SMILES string of the molecule is CCC(CCCCCCCNNN)C(=O)OC(C)(C)C. The Morgan fingerprint density at radius 2 is 1.75 bits per heavy atom. The van der Waals surface area contributed by atoms with Crippen molar-refractivity contribution in [3.8, 4) is 0 Å². The lowest BCUT2D eigenvalue weighted by atomic mass is 9.97. The van der Waals surface area contributed by atoms with E-state index in [-0.39, 0.29) is 17.5 Å². The van der Waals surface area contributed by atoms with E-state index in [1.807, 2.05) is 20.8 Å². The summed E-state index contributed by atoms with van der Waals surface area (Å²) in [6.07, 6.45) is 7.59. The van der Waals surface area contributed by atoms with Gasteiger partial charge in [0.2, 0.25) is 0 Å². The molecule has 0 aromatic rings. The molecule has 0 aromatic heterocycles. The smallest absolute Gasteiger partial charge is 0.309 e. The number of nitrogens with one attached hydrogen (secondary N) is 2. The van der Waals surface area contributed by atoms with Crippen LogP contribution in [0.1, 0.15) is 72.6 Å². The van der Waals surface area contributed by atoms with Gasteiger partial charge in [0.15, 0.2) is 0 Å². The van der Waals surface area contributed by atoms with Crippen molar-refractivity contribution in [3.05, 3.63) is 0 Å². The van der Waals surface area contributed by atoms with Crippen molar-refractivity contribution < 1.29 is 9.53 Å². The first-order valence-corrected chi connectivity index (χ1v) is 7.82. The van der Waals surface area contributed by atoms with Gasteiger partial charge in [-0.1, -0.05) is 32.6 Å². The zero-order valence-electron chi connectivity index (χ0n) is 13.6. The highest BCUT2D eigenvalue weighted by Crippen LogP contribution is 2.19. The van der Waals surface area contributed by atoms with E-state index in [1.54, 1.807) is 0 Å². The van der Waals surface area contributed by atoms with Gasteiger partial charge in [0.25, 0.3) is 0 Å². The number of hydrazine groups is 2. The number of hydrogen-bond acceptors (Lipinski definition) is 5. The molecule has 0 aliphatic carbocycles. The van der Waals surface area contributed by atoms with Crippen LogP contribution >= 0.6 is 0 Å². The number of carbonyl (C=O) groups excluding carboxylic acids is 1. The van der Waals surface area contributed by atoms with Crippen molar-refractivity contribution in [2.45, 2.75) is 78.2 Å².